The van der Waals surface area contributed by atoms with Crippen LogP contribution in [0.2, 0.25) is 0 Å². The first-order chi connectivity index (χ1) is 15.2. The van der Waals surface area contributed by atoms with E-state index in [1.807, 2.05) is 38.1 Å². The molecule has 0 aliphatic rings. The van der Waals surface area contributed by atoms with E-state index in [9.17, 15) is 5.11 Å². The Kier molecular flexibility index (Phi) is 8.95. The number of rotatable bonds is 8. The van der Waals surface area contributed by atoms with Crippen molar-refractivity contribution in [2.75, 3.05) is 0 Å². The van der Waals surface area contributed by atoms with Gasteiger partial charge >= 0.3 is 0 Å². The molecule has 2 N–H and O–H groups in total. The molecule has 1 atom stereocenters. The quantitative estimate of drug-likeness (QED) is 0.272. The monoisotopic (exact) mass is 450 g/mol. The maximum Gasteiger partial charge on any atom is 0.117 e. The lowest BCUT2D eigenvalue weighted by Crippen LogP contribution is -2.17. The molecule has 0 spiro atoms. The van der Waals surface area contributed by atoms with Crippen molar-refractivity contribution in [2.24, 2.45) is 0 Å². The predicted molar refractivity (Wildman–Crippen MR) is 135 cm³/mol. The highest BCUT2D eigenvalue weighted by Gasteiger charge is 2.18. The summed E-state index contributed by atoms with van der Waals surface area (Å²) < 4.78 is 4.64. The molecule has 0 aliphatic heterocycles. The zero-order valence-corrected chi connectivity index (χ0v) is 20.0. The molecule has 162 valence electrons. The van der Waals surface area contributed by atoms with E-state index in [1.54, 1.807) is 35.4 Å². The van der Waals surface area contributed by atoms with Gasteiger partial charge in [-0.3, -0.25) is 0 Å². The van der Waals surface area contributed by atoms with Crippen LogP contribution in [0.1, 0.15) is 49.4 Å². The van der Waals surface area contributed by atoms with Crippen LogP contribution in [-0.4, -0.2) is 10.1 Å². The second kappa shape index (κ2) is 11.9. The summed E-state index contributed by atoms with van der Waals surface area (Å²) in [5.41, 5.74) is 3.62. The number of thiazole rings is 1. The van der Waals surface area contributed by atoms with Gasteiger partial charge in [-0.05, 0) is 66.2 Å². The van der Waals surface area contributed by atoms with Gasteiger partial charge in [-0.2, -0.15) is 0 Å². The second-order valence-corrected chi connectivity index (χ2v) is 9.04. The van der Waals surface area contributed by atoms with Crippen molar-refractivity contribution in [1.82, 2.24) is 9.71 Å². The topological polar surface area (TPSA) is 45.2 Å². The number of phenols is 1. The van der Waals surface area contributed by atoms with Crippen molar-refractivity contribution in [3.8, 4) is 5.75 Å². The van der Waals surface area contributed by atoms with Crippen LogP contribution in [0.5, 0.6) is 5.75 Å². The third-order valence-corrected chi connectivity index (χ3v) is 6.76. The molecule has 0 bridgehead atoms. The van der Waals surface area contributed by atoms with Gasteiger partial charge in [-0.15, -0.1) is 11.3 Å². The third-order valence-electron chi connectivity index (χ3n) is 4.72. The number of nitrogens with zero attached hydrogens (tertiary/aromatic N) is 1. The minimum atomic E-state index is 0.0802. The summed E-state index contributed by atoms with van der Waals surface area (Å²) in [6.07, 6.45) is 3.12. The van der Waals surface area contributed by atoms with E-state index in [1.165, 1.54) is 16.0 Å². The van der Waals surface area contributed by atoms with Gasteiger partial charge in [0.25, 0.3) is 0 Å². The van der Waals surface area contributed by atoms with Gasteiger partial charge in [0.15, 0.2) is 0 Å². The molecule has 0 aliphatic carbocycles. The van der Waals surface area contributed by atoms with Gasteiger partial charge < -0.3 is 5.11 Å². The van der Waals surface area contributed by atoms with Crippen LogP contribution in [0.3, 0.4) is 0 Å². The number of aromatic nitrogens is 1. The Balaban J connectivity index is 0.00000132. The van der Waals surface area contributed by atoms with Crippen molar-refractivity contribution in [3.63, 3.8) is 0 Å². The van der Waals surface area contributed by atoms with Crippen molar-refractivity contribution >= 4 is 33.5 Å². The van der Waals surface area contributed by atoms with Gasteiger partial charge in [0.05, 0.1) is 16.3 Å². The largest absolute Gasteiger partial charge is 0.508 e. The van der Waals surface area contributed by atoms with Crippen molar-refractivity contribution in [2.45, 2.75) is 51.0 Å². The molecule has 0 amide bonds. The van der Waals surface area contributed by atoms with Crippen LogP contribution in [0.25, 0.3) is 10.2 Å². The van der Waals surface area contributed by atoms with Crippen molar-refractivity contribution < 1.29 is 5.11 Å². The molecule has 4 rings (SSSR count). The fraction of sp³-hybridized carbons (Fsp3) is 0.269. The summed E-state index contributed by atoms with van der Waals surface area (Å²) >= 11 is 3.28. The van der Waals surface area contributed by atoms with Crippen molar-refractivity contribution in [1.29, 1.82) is 0 Å². The van der Waals surface area contributed by atoms with E-state index in [4.69, 9.17) is 4.98 Å². The van der Waals surface area contributed by atoms with Gasteiger partial charge in [-0.1, -0.05) is 69.7 Å². The molecule has 0 radical (unpaired) electrons. The number of benzene rings is 3. The standard InChI is InChI=1S/C24H24N2OS2.C2H6/c1-2-7-17-8-6-9-18(14-17)15-22(26-29-20-10-4-3-5-11-20)24-25-21-13-12-19(27)16-23(21)28-24;1-2/h3-6,8-14,16,22,26-27H,2,7,15H2,1H3;1-2H3. The first-order valence-corrected chi connectivity index (χ1v) is 12.5. The van der Waals surface area contributed by atoms with Gasteiger partial charge in [0.2, 0.25) is 0 Å². The molecule has 0 saturated heterocycles. The SMILES string of the molecule is CC.CCCc1cccc(CC(NSc2ccccc2)c2nc3ccc(O)cc3s2)c1. The summed E-state index contributed by atoms with van der Waals surface area (Å²) in [6.45, 7) is 6.21. The lowest BCUT2D eigenvalue weighted by atomic mass is 10.0. The van der Waals surface area contributed by atoms with Crippen LogP contribution < -0.4 is 4.72 Å². The fourth-order valence-corrected chi connectivity index (χ4v) is 5.22. The Hall–Kier alpha value is -2.34. The summed E-state index contributed by atoms with van der Waals surface area (Å²) in [6, 6.07) is 24.6. The number of nitrogens with one attached hydrogen (secondary N) is 1. The smallest absolute Gasteiger partial charge is 0.117 e. The zero-order valence-electron chi connectivity index (χ0n) is 18.3. The number of hydrogen-bond acceptors (Lipinski definition) is 5. The first kappa shape index (κ1) is 23.3. The average molecular weight is 451 g/mol. The van der Waals surface area contributed by atoms with Gasteiger partial charge in [0.1, 0.15) is 10.8 Å². The molecule has 3 nitrogen and oxygen atoms in total. The highest BCUT2D eigenvalue weighted by molar-refractivity contribution is 7.97. The zero-order chi connectivity index (χ0) is 22.1. The maximum atomic E-state index is 9.81. The van der Waals surface area contributed by atoms with Crippen LogP contribution in [0.15, 0.2) is 77.7 Å². The molecule has 31 heavy (non-hydrogen) atoms. The second-order valence-electron chi connectivity index (χ2n) is 7.06. The minimum absolute atomic E-state index is 0.0802. The Morgan fingerprint density at radius 2 is 1.74 bits per heavy atom. The summed E-state index contributed by atoms with van der Waals surface area (Å²) in [5.74, 6) is 0.281. The number of aryl methyl sites for hydroxylation is 1. The highest BCUT2D eigenvalue weighted by Crippen LogP contribution is 2.32. The number of aromatic hydroxyl groups is 1. The third kappa shape index (κ3) is 6.57. The summed E-state index contributed by atoms with van der Waals surface area (Å²) in [4.78, 5) is 6.03. The fourth-order valence-electron chi connectivity index (χ4n) is 3.32. The molecule has 3 aromatic carbocycles. The Morgan fingerprint density at radius 3 is 2.52 bits per heavy atom. The number of fused-ring (bicyclic) bond motifs is 1. The first-order valence-electron chi connectivity index (χ1n) is 10.9. The molecule has 0 saturated carbocycles. The van der Waals surface area contributed by atoms with E-state index < -0.39 is 0 Å². The Morgan fingerprint density at radius 1 is 0.968 bits per heavy atom. The van der Waals surface area contributed by atoms with Crippen LogP contribution >= 0.6 is 23.3 Å². The molecule has 1 aromatic heterocycles. The van der Waals surface area contributed by atoms with Gasteiger partial charge in [0, 0.05) is 4.90 Å². The number of hydrogen-bond donors (Lipinski definition) is 2. The van der Waals surface area contributed by atoms with Gasteiger partial charge in [-0.25, -0.2) is 9.71 Å². The van der Waals surface area contributed by atoms with Crippen LogP contribution in [0.4, 0.5) is 0 Å². The molecule has 1 unspecified atom stereocenters. The molecular weight excluding hydrogens is 420 g/mol. The van der Waals surface area contributed by atoms with E-state index in [0.717, 1.165) is 34.5 Å². The molecule has 1 heterocycles. The molecular formula is C26H30N2OS2. The normalized spacial score (nSPS) is 11.7. The molecule has 4 aromatic rings. The minimum Gasteiger partial charge on any atom is -0.508 e. The lowest BCUT2D eigenvalue weighted by molar-refractivity contribution is 0.476. The predicted octanol–water partition coefficient (Wildman–Crippen LogP) is 7.56. The lowest BCUT2D eigenvalue weighted by Gasteiger charge is -2.16. The Bertz CT molecular complexity index is 1080. The average Bonchev–Trinajstić information content (AvgIpc) is 3.22. The summed E-state index contributed by atoms with van der Waals surface area (Å²) in [5, 5.41) is 10.8. The molecule has 0 fully saturated rings. The summed E-state index contributed by atoms with van der Waals surface area (Å²) in [7, 11) is 0. The Labute approximate surface area is 193 Å². The highest BCUT2D eigenvalue weighted by atomic mass is 32.2. The van der Waals surface area contributed by atoms with Crippen LogP contribution in [-0.2, 0) is 12.8 Å². The van der Waals surface area contributed by atoms with E-state index in [2.05, 4.69) is 48.0 Å². The molecule has 5 heteroatoms. The van der Waals surface area contributed by atoms with E-state index in [-0.39, 0.29) is 11.8 Å². The van der Waals surface area contributed by atoms with Crippen LogP contribution in [0, 0.1) is 0 Å². The number of phenolic OH excluding ortho intramolecular Hbond substituents is 1. The van der Waals surface area contributed by atoms with Crippen molar-refractivity contribution in [3.05, 3.63) is 88.9 Å². The van der Waals surface area contributed by atoms with E-state index >= 15 is 0 Å². The maximum absolute atomic E-state index is 9.81. The van der Waals surface area contributed by atoms with E-state index in [0.29, 0.717) is 0 Å².